The summed E-state index contributed by atoms with van der Waals surface area (Å²) in [5, 5.41) is 2.70. The minimum atomic E-state index is -3.98. The highest BCUT2D eigenvalue weighted by Crippen LogP contribution is 2.25. The number of hydrogen-bond acceptors (Lipinski definition) is 7. The van der Waals surface area contributed by atoms with Crippen LogP contribution in [-0.4, -0.2) is 32.6 Å². The van der Waals surface area contributed by atoms with Crippen LogP contribution in [0.2, 0.25) is 0 Å². The van der Waals surface area contributed by atoms with Crippen molar-refractivity contribution < 1.29 is 31.7 Å². The molecule has 0 aromatic heterocycles. The monoisotopic (exact) mass is 525 g/mol. The molecular weight excluding hydrogens is 494 g/mol. The Morgan fingerprint density at radius 1 is 0.865 bits per heavy atom. The Morgan fingerprint density at radius 2 is 1.46 bits per heavy atom. The third kappa shape index (κ3) is 9.27. The van der Waals surface area contributed by atoms with Crippen molar-refractivity contribution in [3.63, 3.8) is 0 Å². The molecule has 0 heterocycles. The quantitative estimate of drug-likeness (QED) is 0.286. The third-order valence-electron chi connectivity index (χ3n) is 5.13. The first-order chi connectivity index (χ1) is 17.5. The van der Waals surface area contributed by atoms with E-state index in [9.17, 15) is 18.0 Å². The lowest BCUT2D eigenvalue weighted by Crippen LogP contribution is -2.31. The summed E-state index contributed by atoms with van der Waals surface area (Å²) in [5.41, 5.74) is 0.885. The molecule has 37 heavy (non-hydrogen) atoms. The predicted octanol–water partition coefficient (Wildman–Crippen LogP) is 5.20. The Kier molecular flexibility index (Phi) is 9.30. The highest BCUT2D eigenvalue weighted by molar-refractivity contribution is 7.87. The van der Waals surface area contributed by atoms with Gasteiger partial charge in [-0.25, -0.2) is 4.79 Å². The molecular formula is C28H31NO7S. The summed E-state index contributed by atoms with van der Waals surface area (Å²) in [7, 11) is -3.98. The molecule has 0 aliphatic heterocycles. The molecule has 8 nitrogen and oxygen atoms in total. The maximum atomic E-state index is 12.5. The zero-order valence-electron chi connectivity index (χ0n) is 21.0. The van der Waals surface area contributed by atoms with Crippen LogP contribution < -0.4 is 9.50 Å². The van der Waals surface area contributed by atoms with E-state index in [-0.39, 0.29) is 30.2 Å². The zero-order chi connectivity index (χ0) is 26.9. The summed E-state index contributed by atoms with van der Waals surface area (Å²) in [6.45, 7) is 5.55. The van der Waals surface area contributed by atoms with Crippen LogP contribution in [0.4, 0.5) is 4.79 Å². The molecule has 1 unspecified atom stereocenters. The average molecular weight is 526 g/mol. The zero-order valence-corrected chi connectivity index (χ0v) is 21.9. The van der Waals surface area contributed by atoms with Crippen molar-refractivity contribution in [2.75, 3.05) is 6.54 Å². The highest BCUT2D eigenvalue weighted by atomic mass is 32.2. The van der Waals surface area contributed by atoms with Crippen molar-refractivity contribution >= 4 is 22.2 Å². The number of nitrogens with one attached hydrogen (secondary N) is 1. The van der Waals surface area contributed by atoms with E-state index in [0.717, 1.165) is 5.56 Å². The predicted molar refractivity (Wildman–Crippen MR) is 139 cm³/mol. The lowest BCUT2D eigenvalue weighted by atomic mass is 9.95. The van der Waals surface area contributed by atoms with E-state index in [1.807, 2.05) is 30.3 Å². The molecule has 0 saturated heterocycles. The van der Waals surface area contributed by atoms with E-state index in [0.29, 0.717) is 5.56 Å². The summed E-state index contributed by atoms with van der Waals surface area (Å²) in [4.78, 5) is 24.9. The van der Waals surface area contributed by atoms with E-state index in [1.165, 1.54) is 24.3 Å². The molecule has 0 spiro atoms. The molecule has 1 amide bonds. The average Bonchev–Trinajstić information content (AvgIpc) is 2.85. The fraction of sp³-hybridized carbons (Fsp3) is 0.286. The molecule has 0 fully saturated rings. The topological polar surface area (TPSA) is 108 Å². The minimum absolute atomic E-state index is 0.00124. The standard InChI is InChI=1S/C28H31NO7S/c1-28(2,3)35-26(30)18-23(19-29-27(31)34-20-21-10-6-4-7-11-21)22-14-16-24(17-15-22)36-37(32,33)25-12-8-5-9-13-25/h4-17,23H,18-20H2,1-3H3,(H,29,31). The van der Waals surface area contributed by atoms with E-state index >= 15 is 0 Å². The second-order valence-corrected chi connectivity index (χ2v) is 10.9. The Hall–Kier alpha value is -3.85. The van der Waals surface area contributed by atoms with Gasteiger partial charge >= 0.3 is 22.2 Å². The normalized spacial score (nSPS) is 12.3. The van der Waals surface area contributed by atoms with Crippen molar-refractivity contribution in [1.82, 2.24) is 5.32 Å². The van der Waals surface area contributed by atoms with Crippen LogP contribution in [0.25, 0.3) is 0 Å². The Bertz CT molecular complexity index is 1270. The second kappa shape index (κ2) is 12.4. The maximum absolute atomic E-state index is 12.5. The molecule has 1 atom stereocenters. The van der Waals surface area contributed by atoms with Gasteiger partial charge in [-0.3, -0.25) is 4.79 Å². The number of benzene rings is 3. The molecule has 0 radical (unpaired) electrons. The van der Waals surface area contributed by atoms with Crippen molar-refractivity contribution in [1.29, 1.82) is 0 Å². The van der Waals surface area contributed by atoms with Gasteiger partial charge in [-0.1, -0.05) is 60.7 Å². The maximum Gasteiger partial charge on any atom is 0.407 e. The highest BCUT2D eigenvalue weighted by Gasteiger charge is 2.23. The van der Waals surface area contributed by atoms with Crippen LogP contribution in [0, 0.1) is 0 Å². The first kappa shape index (κ1) is 27.7. The lowest BCUT2D eigenvalue weighted by Gasteiger charge is -2.23. The van der Waals surface area contributed by atoms with Gasteiger partial charge in [0.2, 0.25) is 0 Å². The third-order valence-corrected chi connectivity index (χ3v) is 6.39. The Balaban J connectivity index is 1.68. The first-order valence-electron chi connectivity index (χ1n) is 11.8. The summed E-state index contributed by atoms with van der Waals surface area (Å²) >= 11 is 0. The van der Waals surface area contributed by atoms with Crippen LogP contribution in [0.5, 0.6) is 5.75 Å². The van der Waals surface area contributed by atoms with E-state index in [2.05, 4.69) is 5.32 Å². The van der Waals surface area contributed by atoms with Gasteiger partial charge in [-0.05, 0) is 56.2 Å². The number of rotatable bonds is 10. The Morgan fingerprint density at radius 3 is 2.05 bits per heavy atom. The van der Waals surface area contributed by atoms with Gasteiger partial charge in [0.05, 0.1) is 6.42 Å². The summed E-state index contributed by atoms with van der Waals surface area (Å²) < 4.78 is 40.9. The first-order valence-corrected chi connectivity index (χ1v) is 13.2. The van der Waals surface area contributed by atoms with E-state index < -0.39 is 33.7 Å². The molecule has 0 bridgehead atoms. The van der Waals surface area contributed by atoms with Gasteiger partial charge in [0.1, 0.15) is 22.9 Å². The van der Waals surface area contributed by atoms with E-state index in [1.54, 1.807) is 51.1 Å². The lowest BCUT2D eigenvalue weighted by molar-refractivity contribution is -0.155. The number of alkyl carbamates (subject to hydrolysis) is 1. The molecule has 0 aliphatic rings. The molecule has 9 heteroatoms. The minimum Gasteiger partial charge on any atom is -0.460 e. The van der Waals surface area contributed by atoms with Gasteiger partial charge in [-0.2, -0.15) is 8.42 Å². The summed E-state index contributed by atoms with van der Waals surface area (Å²) in [5.74, 6) is -0.748. The SMILES string of the molecule is CC(C)(C)OC(=O)CC(CNC(=O)OCc1ccccc1)c1ccc(OS(=O)(=O)c2ccccc2)cc1. The van der Waals surface area contributed by atoms with Gasteiger partial charge in [-0.15, -0.1) is 0 Å². The Labute approximate surface area is 217 Å². The smallest absolute Gasteiger partial charge is 0.407 e. The second-order valence-electron chi connectivity index (χ2n) is 9.35. The number of carbonyl (C=O) groups is 2. The summed E-state index contributed by atoms with van der Waals surface area (Å²) in [6.07, 6.45) is -0.620. The number of amides is 1. The molecule has 1 N–H and O–H groups in total. The molecule has 196 valence electrons. The largest absolute Gasteiger partial charge is 0.460 e. The van der Waals surface area contributed by atoms with Crippen molar-refractivity contribution in [3.05, 3.63) is 96.1 Å². The number of ether oxygens (including phenoxy) is 2. The molecule has 3 aromatic carbocycles. The van der Waals surface area contributed by atoms with Crippen molar-refractivity contribution in [2.45, 2.75) is 50.2 Å². The number of carbonyl (C=O) groups excluding carboxylic acids is 2. The fourth-order valence-electron chi connectivity index (χ4n) is 3.43. The van der Waals surface area contributed by atoms with Gasteiger partial charge in [0.15, 0.2) is 0 Å². The van der Waals surface area contributed by atoms with Gasteiger partial charge < -0.3 is 19.0 Å². The van der Waals surface area contributed by atoms with Gasteiger partial charge in [0, 0.05) is 12.5 Å². The van der Waals surface area contributed by atoms with Crippen molar-refractivity contribution in [2.24, 2.45) is 0 Å². The van der Waals surface area contributed by atoms with Crippen LogP contribution >= 0.6 is 0 Å². The van der Waals surface area contributed by atoms with Crippen LogP contribution in [0.1, 0.15) is 44.2 Å². The molecule has 3 aromatic rings. The molecule has 3 rings (SSSR count). The van der Waals surface area contributed by atoms with Crippen molar-refractivity contribution in [3.8, 4) is 5.75 Å². The molecule has 0 aliphatic carbocycles. The van der Waals surface area contributed by atoms with Gasteiger partial charge in [0.25, 0.3) is 0 Å². The summed E-state index contributed by atoms with van der Waals surface area (Å²) in [6, 6.07) is 23.4. The number of esters is 1. The van der Waals surface area contributed by atoms with Crippen LogP contribution in [-0.2, 0) is 31.0 Å². The molecule has 0 saturated carbocycles. The van der Waals surface area contributed by atoms with E-state index in [4.69, 9.17) is 13.7 Å². The number of hydrogen-bond donors (Lipinski definition) is 1. The van der Waals surface area contributed by atoms with Crippen LogP contribution in [0.15, 0.2) is 89.8 Å². The fourth-order valence-corrected chi connectivity index (χ4v) is 4.38. The van der Waals surface area contributed by atoms with Crippen LogP contribution in [0.3, 0.4) is 0 Å².